The number of amides is 1. The van der Waals surface area contributed by atoms with Gasteiger partial charge in [0.25, 0.3) is 11.6 Å². The van der Waals surface area contributed by atoms with Crippen molar-refractivity contribution in [2.24, 2.45) is 0 Å². The van der Waals surface area contributed by atoms with Crippen LogP contribution in [0.4, 0.5) is 11.4 Å². The Hall–Kier alpha value is -2.95. The fourth-order valence-electron chi connectivity index (χ4n) is 2.73. The molecule has 2 N–H and O–H groups in total. The van der Waals surface area contributed by atoms with Gasteiger partial charge in [0.15, 0.2) is 9.84 Å². The number of carbonyl (C=O) groups is 1. The monoisotopic (exact) mass is 479 g/mol. The van der Waals surface area contributed by atoms with E-state index in [2.05, 4.69) is 10.6 Å². The Kier molecular flexibility index (Phi) is 6.94. The summed E-state index contributed by atoms with van der Waals surface area (Å²) < 4.78 is 23.2. The van der Waals surface area contributed by atoms with Crippen LogP contribution in [0.15, 0.2) is 59.5 Å². The van der Waals surface area contributed by atoms with Crippen molar-refractivity contribution >= 4 is 50.1 Å². The van der Waals surface area contributed by atoms with Crippen molar-refractivity contribution in [2.75, 3.05) is 24.7 Å². The maximum absolute atomic E-state index is 12.4. The molecule has 0 bridgehead atoms. The highest BCUT2D eigenvalue weighted by molar-refractivity contribution is 7.90. The van der Waals surface area contributed by atoms with E-state index < -0.39 is 14.8 Å². The summed E-state index contributed by atoms with van der Waals surface area (Å²) in [5, 5.41) is 17.5. The Morgan fingerprint density at radius 1 is 1.10 bits per heavy atom. The Morgan fingerprint density at radius 2 is 1.81 bits per heavy atom. The summed E-state index contributed by atoms with van der Waals surface area (Å²) in [6.45, 7) is 0.443. The molecule has 1 aromatic heterocycles. The number of carbonyl (C=O) groups excluding carboxylic acids is 1. The molecule has 0 radical (unpaired) electrons. The Labute approximate surface area is 187 Å². The molecule has 162 valence electrons. The number of nitrogens with one attached hydrogen (secondary N) is 2. The molecule has 2 aromatic carbocycles. The second-order valence-electron chi connectivity index (χ2n) is 6.56. The molecule has 0 fully saturated rings. The van der Waals surface area contributed by atoms with E-state index in [1.54, 1.807) is 18.2 Å². The molecule has 0 atom stereocenters. The number of nitro groups is 1. The predicted molar refractivity (Wildman–Crippen MR) is 122 cm³/mol. The topological polar surface area (TPSA) is 118 Å². The van der Waals surface area contributed by atoms with Gasteiger partial charge in [0.05, 0.1) is 14.7 Å². The summed E-state index contributed by atoms with van der Waals surface area (Å²) in [7, 11) is -3.56. The second kappa shape index (κ2) is 9.46. The standard InChI is InChI=1S/C20H18ClN3O5S2/c1-31(28,29)15-6-7-16(17(12-15)24(26)27)22-10-11-23-20(25)19-9-8-18(30-19)13-2-4-14(21)5-3-13/h2-9,12,22H,10-11H2,1H3,(H,23,25). The van der Waals surface area contributed by atoms with Crippen molar-refractivity contribution in [1.82, 2.24) is 5.32 Å². The fourth-order valence-corrected chi connectivity index (χ4v) is 4.43. The van der Waals surface area contributed by atoms with Crippen LogP contribution in [0.3, 0.4) is 0 Å². The van der Waals surface area contributed by atoms with Gasteiger partial charge in [-0.2, -0.15) is 0 Å². The van der Waals surface area contributed by atoms with Gasteiger partial charge in [-0.1, -0.05) is 23.7 Å². The Bertz CT molecular complexity index is 1220. The lowest BCUT2D eigenvalue weighted by Gasteiger charge is -2.09. The molecule has 8 nitrogen and oxygen atoms in total. The molecule has 31 heavy (non-hydrogen) atoms. The van der Waals surface area contributed by atoms with Crippen molar-refractivity contribution in [2.45, 2.75) is 4.90 Å². The van der Waals surface area contributed by atoms with Crippen LogP contribution in [0.2, 0.25) is 5.02 Å². The number of nitro benzene ring substituents is 1. The zero-order valence-electron chi connectivity index (χ0n) is 16.3. The molecule has 3 rings (SSSR count). The SMILES string of the molecule is CS(=O)(=O)c1ccc(NCCNC(=O)c2ccc(-c3ccc(Cl)cc3)s2)c([N+](=O)[O-])c1. The van der Waals surface area contributed by atoms with Gasteiger partial charge < -0.3 is 10.6 Å². The number of hydrogen-bond acceptors (Lipinski definition) is 7. The maximum atomic E-state index is 12.4. The molecule has 11 heteroatoms. The van der Waals surface area contributed by atoms with Gasteiger partial charge in [-0.15, -0.1) is 11.3 Å². The molecule has 0 saturated carbocycles. The lowest BCUT2D eigenvalue weighted by molar-refractivity contribution is -0.384. The summed E-state index contributed by atoms with van der Waals surface area (Å²) >= 11 is 7.24. The molecular formula is C20H18ClN3O5S2. The minimum Gasteiger partial charge on any atom is -0.378 e. The third kappa shape index (κ3) is 5.81. The average Bonchev–Trinajstić information content (AvgIpc) is 3.21. The summed E-state index contributed by atoms with van der Waals surface area (Å²) in [6.07, 6.45) is 0.984. The Balaban J connectivity index is 1.58. The molecule has 0 aliphatic rings. The van der Waals surface area contributed by atoms with Gasteiger partial charge in [-0.3, -0.25) is 14.9 Å². The van der Waals surface area contributed by atoms with Gasteiger partial charge in [-0.05, 0) is 42.0 Å². The molecule has 3 aromatic rings. The van der Waals surface area contributed by atoms with E-state index in [0.29, 0.717) is 9.90 Å². The minimum atomic E-state index is -3.56. The first-order chi connectivity index (χ1) is 14.6. The number of halogens is 1. The summed E-state index contributed by atoms with van der Waals surface area (Å²) in [5.41, 5.74) is 0.785. The van der Waals surface area contributed by atoms with Gasteiger partial charge >= 0.3 is 0 Å². The molecule has 0 spiro atoms. The Morgan fingerprint density at radius 3 is 2.45 bits per heavy atom. The summed E-state index contributed by atoms with van der Waals surface area (Å²) in [6, 6.07) is 14.6. The van der Waals surface area contributed by atoms with E-state index in [1.807, 2.05) is 18.2 Å². The number of anilines is 1. The minimum absolute atomic E-state index is 0.132. The van der Waals surface area contributed by atoms with Gasteiger partial charge in [0.1, 0.15) is 5.69 Å². The molecular weight excluding hydrogens is 462 g/mol. The number of benzene rings is 2. The first kappa shape index (κ1) is 22.7. The third-order valence-electron chi connectivity index (χ3n) is 4.28. The highest BCUT2D eigenvalue weighted by atomic mass is 35.5. The number of nitrogens with zero attached hydrogens (tertiary/aromatic N) is 1. The lowest BCUT2D eigenvalue weighted by Crippen LogP contribution is -2.28. The average molecular weight is 480 g/mol. The van der Waals surface area contributed by atoms with E-state index in [4.69, 9.17) is 11.6 Å². The van der Waals surface area contributed by atoms with Gasteiger partial charge in [-0.25, -0.2) is 8.42 Å². The fraction of sp³-hybridized carbons (Fsp3) is 0.150. The molecule has 1 heterocycles. The van der Waals surface area contributed by atoms with Gasteiger partial charge in [0, 0.05) is 35.3 Å². The third-order valence-corrected chi connectivity index (χ3v) is 6.77. The van der Waals surface area contributed by atoms with Crippen molar-refractivity contribution < 1.29 is 18.1 Å². The van der Waals surface area contributed by atoms with Crippen LogP contribution in [0.1, 0.15) is 9.67 Å². The number of rotatable bonds is 8. The molecule has 0 aliphatic carbocycles. The predicted octanol–water partition coefficient (Wildman–Crippen LogP) is 4.22. The van der Waals surface area contributed by atoms with Crippen LogP contribution < -0.4 is 10.6 Å². The normalized spacial score (nSPS) is 11.2. The van der Waals surface area contributed by atoms with Crippen LogP contribution in [0, 0.1) is 10.1 Å². The molecule has 1 amide bonds. The first-order valence-corrected chi connectivity index (χ1v) is 12.1. The van der Waals surface area contributed by atoms with Crippen molar-refractivity contribution in [1.29, 1.82) is 0 Å². The number of hydrogen-bond donors (Lipinski definition) is 2. The van der Waals surface area contributed by atoms with Crippen LogP contribution >= 0.6 is 22.9 Å². The highest BCUT2D eigenvalue weighted by Gasteiger charge is 2.18. The van der Waals surface area contributed by atoms with E-state index in [0.717, 1.165) is 22.8 Å². The van der Waals surface area contributed by atoms with Crippen molar-refractivity contribution in [3.63, 3.8) is 0 Å². The van der Waals surface area contributed by atoms with Crippen molar-refractivity contribution in [3.8, 4) is 10.4 Å². The smallest absolute Gasteiger partial charge is 0.293 e. The largest absolute Gasteiger partial charge is 0.378 e. The van der Waals surface area contributed by atoms with E-state index in [9.17, 15) is 23.3 Å². The maximum Gasteiger partial charge on any atom is 0.293 e. The highest BCUT2D eigenvalue weighted by Crippen LogP contribution is 2.29. The molecule has 0 unspecified atom stereocenters. The summed E-state index contributed by atoms with van der Waals surface area (Å²) in [5.74, 6) is -0.256. The lowest BCUT2D eigenvalue weighted by atomic mass is 10.2. The van der Waals surface area contributed by atoms with Crippen LogP contribution in [0.25, 0.3) is 10.4 Å². The van der Waals surface area contributed by atoms with E-state index in [-0.39, 0.29) is 35.3 Å². The van der Waals surface area contributed by atoms with Crippen LogP contribution in [0.5, 0.6) is 0 Å². The molecule has 0 saturated heterocycles. The zero-order valence-corrected chi connectivity index (χ0v) is 18.7. The zero-order chi connectivity index (χ0) is 22.6. The number of thiophene rings is 1. The van der Waals surface area contributed by atoms with Crippen LogP contribution in [-0.2, 0) is 9.84 Å². The van der Waals surface area contributed by atoms with E-state index in [1.165, 1.54) is 23.5 Å². The van der Waals surface area contributed by atoms with Crippen molar-refractivity contribution in [3.05, 3.63) is 74.6 Å². The molecule has 0 aliphatic heterocycles. The second-order valence-corrected chi connectivity index (χ2v) is 10.1. The quantitative estimate of drug-likeness (QED) is 0.283. The van der Waals surface area contributed by atoms with E-state index >= 15 is 0 Å². The first-order valence-electron chi connectivity index (χ1n) is 9.01. The van der Waals surface area contributed by atoms with Gasteiger partial charge in [0.2, 0.25) is 0 Å². The van der Waals surface area contributed by atoms with Crippen LogP contribution in [-0.4, -0.2) is 38.6 Å². The number of sulfone groups is 1. The summed E-state index contributed by atoms with van der Waals surface area (Å²) in [4.78, 5) is 24.3.